The second-order valence-electron chi connectivity index (χ2n) is 4.70. The Balaban J connectivity index is 1.82. The van der Waals surface area contributed by atoms with Crippen LogP contribution in [-0.2, 0) is 13.0 Å². The Hall–Kier alpha value is -2.00. The molecule has 0 saturated carbocycles. The Morgan fingerprint density at radius 3 is 2.63 bits per heavy atom. The van der Waals surface area contributed by atoms with Crippen LogP contribution < -0.4 is 5.32 Å². The molecule has 3 nitrogen and oxygen atoms in total. The second kappa shape index (κ2) is 6.25. The lowest BCUT2D eigenvalue weighted by Crippen LogP contribution is -2.16. The largest absolute Gasteiger partial charge is 0.504 e. The van der Waals surface area contributed by atoms with E-state index < -0.39 is 0 Å². The minimum Gasteiger partial charge on any atom is -0.504 e. The van der Waals surface area contributed by atoms with Crippen molar-refractivity contribution in [1.29, 1.82) is 0 Å². The number of phenolic OH excluding ortho intramolecular Hbond substituents is 2. The van der Waals surface area contributed by atoms with Crippen molar-refractivity contribution in [2.24, 2.45) is 0 Å². The molecule has 0 fully saturated rings. The van der Waals surface area contributed by atoms with Gasteiger partial charge in [-0.2, -0.15) is 0 Å². The molecular formula is C16H19NO2. The topological polar surface area (TPSA) is 52.5 Å². The highest BCUT2D eigenvalue weighted by Crippen LogP contribution is 2.27. The fourth-order valence-corrected chi connectivity index (χ4v) is 2.04. The molecule has 0 radical (unpaired) electrons. The summed E-state index contributed by atoms with van der Waals surface area (Å²) in [4.78, 5) is 0. The molecule has 0 aliphatic heterocycles. The van der Waals surface area contributed by atoms with Gasteiger partial charge in [0, 0.05) is 12.1 Å². The Morgan fingerprint density at radius 1 is 1.05 bits per heavy atom. The predicted molar refractivity (Wildman–Crippen MR) is 76.4 cm³/mol. The van der Waals surface area contributed by atoms with E-state index in [-0.39, 0.29) is 11.5 Å². The van der Waals surface area contributed by atoms with E-state index in [1.165, 1.54) is 17.2 Å². The van der Waals surface area contributed by atoms with Crippen molar-refractivity contribution in [3.05, 3.63) is 59.2 Å². The quantitative estimate of drug-likeness (QED) is 0.570. The zero-order valence-corrected chi connectivity index (χ0v) is 11.1. The van der Waals surface area contributed by atoms with Gasteiger partial charge in [-0.3, -0.25) is 0 Å². The number of rotatable bonds is 5. The van der Waals surface area contributed by atoms with E-state index in [2.05, 4.69) is 36.5 Å². The average molecular weight is 257 g/mol. The summed E-state index contributed by atoms with van der Waals surface area (Å²) in [6, 6.07) is 13.4. The summed E-state index contributed by atoms with van der Waals surface area (Å²) in [6.07, 6.45) is 0.946. The van der Waals surface area contributed by atoms with Gasteiger partial charge in [0.1, 0.15) is 0 Å². The SMILES string of the molecule is Cc1cccc(CCNCc2cccc(O)c2O)c1. The number of aryl methyl sites for hydroxylation is 1. The van der Waals surface area contributed by atoms with E-state index >= 15 is 0 Å². The fourth-order valence-electron chi connectivity index (χ4n) is 2.04. The highest BCUT2D eigenvalue weighted by molar-refractivity contribution is 5.44. The van der Waals surface area contributed by atoms with Gasteiger partial charge in [0.05, 0.1) is 0 Å². The number of para-hydroxylation sites is 1. The van der Waals surface area contributed by atoms with Crippen LogP contribution in [0.1, 0.15) is 16.7 Å². The van der Waals surface area contributed by atoms with Gasteiger partial charge in [0.25, 0.3) is 0 Å². The van der Waals surface area contributed by atoms with E-state index in [0.29, 0.717) is 12.1 Å². The lowest BCUT2D eigenvalue weighted by Gasteiger charge is -2.08. The van der Waals surface area contributed by atoms with Crippen molar-refractivity contribution < 1.29 is 10.2 Å². The maximum Gasteiger partial charge on any atom is 0.161 e. The molecule has 0 unspecified atom stereocenters. The lowest BCUT2D eigenvalue weighted by molar-refractivity contribution is 0.398. The van der Waals surface area contributed by atoms with Gasteiger partial charge >= 0.3 is 0 Å². The van der Waals surface area contributed by atoms with Crippen LogP contribution in [-0.4, -0.2) is 16.8 Å². The summed E-state index contributed by atoms with van der Waals surface area (Å²) >= 11 is 0. The Morgan fingerprint density at radius 2 is 1.84 bits per heavy atom. The summed E-state index contributed by atoms with van der Waals surface area (Å²) in [5.41, 5.74) is 3.28. The highest BCUT2D eigenvalue weighted by atomic mass is 16.3. The first-order valence-corrected chi connectivity index (χ1v) is 6.43. The number of benzene rings is 2. The maximum absolute atomic E-state index is 9.66. The van der Waals surface area contributed by atoms with Gasteiger partial charge < -0.3 is 15.5 Å². The summed E-state index contributed by atoms with van der Waals surface area (Å²) in [6.45, 7) is 3.46. The van der Waals surface area contributed by atoms with Crippen LogP contribution in [0.4, 0.5) is 0 Å². The molecule has 0 bridgehead atoms. The van der Waals surface area contributed by atoms with Crippen LogP contribution >= 0.6 is 0 Å². The standard InChI is InChI=1S/C16H19NO2/c1-12-4-2-5-13(10-12)8-9-17-11-14-6-3-7-15(18)16(14)19/h2-7,10,17-19H,8-9,11H2,1H3. The molecule has 0 heterocycles. The molecule has 0 spiro atoms. The van der Waals surface area contributed by atoms with Crippen molar-refractivity contribution in [1.82, 2.24) is 5.32 Å². The molecule has 2 aromatic carbocycles. The molecule has 19 heavy (non-hydrogen) atoms. The number of nitrogens with one attached hydrogen (secondary N) is 1. The van der Waals surface area contributed by atoms with Gasteiger partial charge in [-0.15, -0.1) is 0 Å². The Bertz CT molecular complexity index is 552. The highest BCUT2D eigenvalue weighted by Gasteiger charge is 2.04. The smallest absolute Gasteiger partial charge is 0.161 e. The van der Waals surface area contributed by atoms with Gasteiger partial charge in [0.2, 0.25) is 0 Å². The second-order valence-corrected chi connectivity index (χ2v) is 4.70. The minimum atomic E-state index is -0.0713. The maximum atomic E-state index is 9.66. The van der Waals surface area contributed by atoms with Crippen LogP contribution in [0, 0.1) is 6.92 Å². The molecule has 0 atom stereocenters. The van der Waals surface area contributed by atoms with E-state index in [1.54, 1.807) is 12.1 Å². The summed E-state index contributed by atoms with van der Waals surface area (Å²) in [5.74, 6) is -0.108. The van der Waals surface area contributed by atoms with E-state index in [4.69, 9.17) is 0 Å². The first-order valence-electron chi connectivity index (χ1n) is 6.43. The van der Waals surface area contributed by atoms with E-state index in [0.717, 1.165) is 13.0 Å². The first-order chi connectivity index (χ1) is 9.16. The molecule has 2 rings (SSSR count). The van der Waals surface area contributed by atoms with Crippen LogP contribution in [0.2, 0.25) is 0 Å². The molecule has 0 saturated heterocycles. The fraction of sp³-hybridized carbons (Fsp3) is 0.250. The van der Waals surface area contributed by atoms with E-state index in [9.17, 15) is 10.2 Å². The summed E-state index contributed by atoms with van der Waals surface area (Å²) in [7, 11) is 0. The van der Waals surface area contributed by atoms with Gasteiger partial charge in [-0.1, -0.05) is 42.0 Å². The average Bonchev–Trinajstić information content (AvgIpc) is 2.39. The summed E-state index contributed by atoms with van der Waals surface area (Å²) in [5, 5.41) is 22.3. The third-order valence-corrected chi connectivity index (χ3v) is 3.09. The molecule has 100 valence electrons. The van der Waals surface area contributed by atoms with Crippen LogP contribution in [0.25, 0.3) is 0 Å². The molecule has 3 heteroatoms. The van der Waals surface area contributed by atoms with Gasteiger partial charge in [0.15, 0.2) is 11.5 Å². The van der Waals surface area contributed by atoms with E-state index in [1.807, 2.05) is 0 Å². The van der Waals surface area contributed by atoms with Gasteiger partial charge in [-0.25, -0.2) is 0 Å². The van der Waals surface area contributed by atoms with Crippen molar-refractivity contribution >= 4 is 0 Å². The third kappa shape index (κ3) is 3.73. The lowest BCUT2D eigenvalue weighted by atomic mass is 10.1. The molecule has 0 amide bonds. The first kappa shape index (κ1) is 13.4. The number of hydrogen-bond donors (Lipinski definition) is 3. The third-order valence-electron chi connectivity index (χ3n) is 3.09. The Labute approximate surface area is 113 Å². The van der Waals surface area contributed by atoms with Crippen molar-refractivity contribution in [3.63, 3.8) is 0 Å². The number of phenols is 2. The number of hydrogen-bond acceptors (Lipinski definition) is 3. The Kier molecular flexibility index (Phi) is 4.42. The zero-order valence-electron chi connectivity index (χ0n) is 11.1. The van der Waals surface area contributed by atoms with Crippen LogP contribution in [0.3, 0.4) is 0 Å². The normalized spacial score (nSPS) is 10.6. The van der Waals surface area contributed by atoms with Crippen molar-refractivity contribution in [2.45, 2.75) is 19.9 Å². The number of aromatic hydroxyl groups is 2. The molecular weight excluding hydrogens is 238 g/mol. The van der Waals surface area contributed by atoms with Crippen LogP contribution in [0.15, 0.2) is 42.5 Å². The predicted octanol–water partition coefficient (Wildman–Crippen LogP) is 2.74. The van der Waals surface area contributed by atoms with Crippen LogP contribution in [0.5, 0.6) is 11.5 Å². The van der Waals surface area contributed by atoms with Gasteiger partial charge in [-0.05, 0) is 31.5 Å². The summed E-state index contributed by atoms with van der Waals surface area (Å²) < 4.78 is 0. The molecule has 0 aliphatic rings. The van der Waals surface area contributed by atoms with Crippen molar-refractivity contribution in [3.8, 4) is 11.5 Å². The molecule has 0 aliphatic carbocycles. The molecule has 3 N–H and O–H groups in total. The molecule has 0 aromatic heterocycles. The minimum absolute atomic E-state index is 0.0365. The monoisotopic (exact) mass is 257 g/mol. The molecule has 2 aromatic rings. The zero-order chi connectivity index (χ0) is 13.7. The van der Waals surface area contributed by atoms with Crippen molar-refractivity contribution in [2.75, 3.05) is 6.54 Å².